The van der Waals surface area contributed by atoms with Gasteiger partial charge in [0.1, 0.15) is 0 Å². The van der Waals surface area contributed by atoms with Crippen molar-refractivity contribution in [2.24, 2.45) is 5.92 Å². The van der Waals surface area contributed by atoms with Crippen molar-refractivity contribution in [3.05, 3.63) is 95.1 Å². The smallest absolute Gasteiger partial charge is 0.395 e. The molecule has 3 N–H and O–H groups in total. The predicted molar refractivity (Wildman–Crippen MR) is 185 cm³/mol. The fourth-order valence-corrected chi connectivity index (χ4v) is 7.67. The number of hydrogen-bond acceptors (Lipinski definition) is 7. The molecular formula is C37H40F6N4O4S. The van der Waals surface area contributed by atoms with E-state index in [0.717, 1.165) is 12.1 Å². The number of carbonyl (C=O) groups excluding carboxylic acids is 1. The molecule has 0 radical (unpaired) electrons. The van der Waals surface area contributed by atoms with Crippen molar-refractivity contribution >= 4 is 26.6 Å². The minimum absolute atomic E-state index is 0.00701. The zero-order chi connectivity index (χ0) is 38.0. The van der Waals surface area contributed by atoms with Gasteiger partial charge in [0, 0.05) is 42.2 Å². The highest BCUT2D eigenvalue weighted by Crippen LogP contribution is 2.38. The first-order valence-electron chi connectivity index (χ1n) is 16.8. The van der Waals surface area contributed by atoms with E-state index in [1.54, 1.807) is 0 Å². The molecule has 4 aromatic rings. The molecule has 3 atom stereocenters. The van der Waals surface area contributed by atoms with E-state index in [1.165, 1.54) is 74.5 Å². The zero-order valence-corrected chi connectivity index (χ0v) is 29.5. The highest BCUT2D eigenvalue weighted by molar-refractivity contribution is 7.92. The molecule has 1 aliphatic rings. The van der Waals surface area contributed by atoms with E-state index in [4.69, 9.17) is 0 Å². The fourth-order valence-electron chi connectivity index (χ4n) is 6.58. The van der Waals surface area contributed by atoms with Crippen LogP contribution in [0.4, 0.5) is 26.3 Å². The molecule has 1 fully saturated rings. The van der Waals surface area contributed by atoms with Crippen molar-refractivity contribution in [2.75, 3.05) is 26.2 Å². The van der Waals surface area contributed by atoms with Crippen LogP contribution >= 0.6 is 0 Å². The van der Waals surface area contributed by atoms with Crippen LogP contribution in [0.5, 0.6) is 0 Å². The maximum atomic E-state index is 14.6. The van der Waals surface area contributed by atoms with Crippen LogP contribution in [0.25, 0.3) is 22.2 Å². The van der Waals surface area contributed by atoms with Gasteiger partial charge in [-0.3, -0.25) is 9.69 Å². The number of sulfone groups is 1. The van der Waals surface area contributed by atoms with Crippen LogP contribution in [0, 0.1) is 5.92 Å². The van der Waals surface area contributed by atoms with Gasteiger partial charge >= 0.3 is 12.4 Å². The monoisotopic (exact) mass is 750 g/mol. The summed E-state index contributed by atoms with van der Waals surface area (Å²) in [5.74, 6) is -1.19. The molecule has 8 nitrogen and oxygen atoms in total. The number of aromatic nitrogens is 1. The van der Waals surface area contributed by atoms with Gasteiger partial charge in [-0.25, -0.2) is 13.4 Å². The molecule has 0 saturated carbocycles. The number of rotatable bonds is 11. The Morgan fingerprint density at radius 3 is 2.33 bits per heavy atom. The average molecular weight is 751 g/mol. The summed E-state index contributed by atoms with van der Waals surface area (Å²) in [5.41, 5.74) is -1.60. The molecule has 15 heteroatoms. The number of likely N-dealkylation sites (tertiary alicyclic amines) is 1. The third kappa shape index (κ3) is 8.59. The number of benzene rings is 3. The Morgan fingerprint density at radius 2 is 1.71 bits per heavy atom. The maximum Gasteiger partial charge on any atom is 0.416 e. The molecule has 3 aromatic carbocycles. The highest BCUT2D eigenvalue weighted by atomic mass is 32.2. The van der Waals surface area contributed by atoms with Crippen molar-refractivity contribution in [3.8, 4) is 11.3 Å². The van der Waals surface area contributed by atoms with Crippen molar-refractivity contribution < 1.29 is 44.7 Å². The Morgan fingerprint density at radius 1 is 1.00 bits per heavy atom. The SMILES string of the molecule is CC1CN(Cc2c(-c3cccc(C(F)(F)F)c3)nc3ccc(S(=O)(=O)C(C)C)cc3c2C(=O)NC(c2ccccc2)C(F)(F)F)CCC1NCCO. The molecule has 0 bridgehead atoms. The minimum Gasteiger partial charge on any atom is -0.395 e. The van der Waals surface area contributed by atoms with E-state index in [2.05, 4.69) is 15.6 Å². The Kier molecular flexibility index (Phi) is 11.7. The fraction of sp³-hybridized carbons (Fsp3) is 0.405. The van der Waals surface area contributed by atoms with Crippen LogP contribution in [0.15, 0.2) is 77.7 Å². The number of halogens is 6. The summed E-state index contributed by atoms with van der Waals surface area (Å²) in [5, 5.41) is 13.7. The number of fused-ring (bicyclic) bond motifs is 1. The van der Waals surface area contributed by atoms with E-state index in [1.807, 2.05) is 11.8 Å². The second-order valence-electron chi connectivity index (χ2n) is 13.3. The number of aliphatic hydroxyl groups excluding tert-OH is 1. The number of carbonyl (C=O) groups is 1. The molecule has 1 aromatic heterocycles. The molecule has 280 valence electrons. The Bertz CT molecular complexity index is 2010. The van der Waals surface area contributed by atoms with Crippen LogP contribution in [-0.2, 0) is 22.6 Å². The number of alkyl halides is 6. The predicted octanol–water partition coefficient (Wildman–Crippen LogP) is 6.93. The summed E-state index contributed by atoms with van der Waals surface area (Å²) in [4.78, 5) is 20.9. The van der Waals surface area contributed by atoms with Gasteiger partial charge < -0.3 is 15.7 Å². The number of hydrogen-bond donors (Lipinski definition) is 3. The summed E-state index contributed by atoms with van der Waals surface area (Å²) < 4.78 is 112. The van der Waals surface area contributed by atoms with E-state index >= 15 is 0 Å². The number of aliphatic hydroxyl groups is 1. The summed E-state index contributed by atoms with van der Waals surface area (Å²) in [6.45, 7) is 5.97. The number of amides is 1. The molecule has 1 aliphatic heterocycles. The number of nitrogens with one attached hydrogen (secondary N) is 2. The first kappa shape index (κ1) is 39.2. The van der Waals surface area contributed by atoms with Crippen LogP contribution in [-0.4, -0.2) is 73.0 Å². The lowest BCUT2D eigenvalue weighted by Crippen LogP contribution is -2.48. The van der Waals surface area contributed by atoms with Crippen LogP contribution < -0.4 is 10.6 Å². The lowest BCUT2D eigenvalue weighted by molar-refractivity contribution is -0.155. The van der Waals surface area contributed by atoms with Crippen LogP contribution in [0.2, 0.25) is 0 Å². The minimum atomic E-state index is -4.95. The number of nitrogens with zero attached hydrogens (tertiary/aromatic N) is 2. The average Bonchev–Trinajstić information content (AvgIpc) is 3.09. The van der Waals surface area contributed by atoms with Gasteiger partial charge in [0.25, 0.3) is 5.91 Å². The van der Waals surface area contributed by atoms with Gasteiger partial charge in [-0.05, 0) is 68.6 Å². The summed E-state index contributed by atoms with van der Waals surface area (Å²) in [7, 11) is -3.95. The third-order valence-electron chi connectivity index (χ3n) is 9.32. The van der Waals surface area contributed by atoms with Crippen molar-refractivity contribution in [2.45, 2.75) is 68.3 Å². The second-order valence-corrected chi connectivity index (χ2v) is 15.8. The molecule has 1 amide bonds. The van der Waals surface area contributed by atoms with Gasteiger partial charge in [-0.1, -0.05) is 49.4 Å². The third-order valence-corrected chi connectivity index (χ3v) is 11.5. The normalized spacial score (nSPS) is 18.1. The summed E-state index contributed by atoms with van der Waals surface area (Å²) >= 11 is 0. The van der Waals surface area contributed by atoms with Crippen molar-refractivity contribution in [1.82, 2.24) is 20.5 Å². The molecule has 52 heavy (non-hydrogen) atoms. The van der Waals surface area contributed by atoms with E-state index in [9.17, 15) is 44.7 Å². The highest BCUT2D eigenvalue weighted by Gasteiger charge is 2.43. The Labute approximate surface area is 298 Å². The van der Waals surface area contributed by atoms with Gasteiger partial charge in [0.05, 0.1) is 39.1 Å². The van der Waals surface area contributed by atoms with E-state index in [-0.39, 0.29) is 68.9 Å². The van der Waals surface area contributed by atoms with E-state index in [0.29, 0.717) is 26.1 Å². The van der Waals surface area contributed by atoms with Crippen molar-refractivity contribution in [3.63, 3.8) is 0 Å². The molecule has 2 heterocycles. The van der Waals surface area contributed by atoms with E-state index < -0.39 is 45.0 Å². The lowest BCUT2D eigenvalue weighted by atomic mass is 9.91. The summed E-state index contributed by atoms with van der Waals surface area (Å²) in [6, 6.07) is 12.4. The van der Waals surface area contributed by atoms with Crippen LogP contribution in [0.1, 0.15) is 60.3 Å². The standard InChI is InChI=1S/C37H40F6N4O4S/c1-22(2)52(50,51)27-12-13-31-28(19-27)32(35(49)46-34(37(41,42)43)24-8-5-4-6-9-24)29(21-47-16-14-30(23(3)20-47)44-15-17-48)33(45-31)25-10-7-11-26(18-25)36(38,39)40/h4-13,18-19,22-23,30,34,44,48H,14-17,20-21H2,1-3H3,(H,46,49). The quantitative estimate of drug-likeness (QED) is 0.143. The zero-order valence-electron chi connectivity index (χ0n) is 28.7. The largest absolute Gasteiger partial charge is 0.416 e. The van der Waals surface area contributed by atoms with Gasteiger partial charge in [0.2, 0.25) is 0 Å². The Balaban J connectivity index is 1.77. The molecule has 0 spiro atoms. The van der Waals surface area contributed by atoms with Crippen LogP contribution in [0.3, 0.4) is 0 Å². The Hall–Kier alpha value is -4.05. The number of pyridine rings is 1. The maximum absolute atomic E-state index is 14.6. The molecule has 1 saturated heterocycles. The summed E-state index contributed by atoms with van der Waals surface area (Å²) in [6.07, 6.45) is -9.08. The molecule has 0 aliphatic carbocycles. The van der Waals surface area contributed by atoms with Crippen molar-refractivity contribution in [1.29, 1.82) is 0 Å². The number of piperidine rings is 1. The first-order valence-corrected chi connectivity index (χ1v) is 18.3. The van der Waals surface area contributed by atoms with Gasteiger partial charge in [-0.15, -0.1) is 0 Å². The first-order chi connectivity index (χ1) is 24.4. The van der Waals surface area contributed by atoms with Gasteiger partial charge in [-0.2, -0.15) is 26.3 Å². The molecule has 5 rings (SSSR count). The topological polar surface area (TPSA) is 112 Å². The molecular weight excluding hydrogens is 710 g/mol. The second kappa shape index (κ2) is 15.5. The molecule has 3 unspecified atom stereocenters. The lowest BCUT2D eigenvalue weighted by Gasteiger charge is -2.38. The van der Waals surface area contributed by atoms with Gasteiger partial charge in [0.15, 0.2) is 15.9 Å².